The van der Waals surface area contributed by atoms with Crippen molar-refractivity contribution in [2.75, 3.05) is 33.4 Å². The van der Waals surface area contributed by atoms with E-state index < -0.39 is 0 Å². The van der Waals surface area contributed by atoms with Gasteiger partial charge in [-0.2, -0.15) is 0 Å². The quantitative estimate of drug-likeness (QED) is 0.784. The first-order chi connectivity index (χ1) is 8.69. The van der Waals surface area contributed by atoms with Gasteiger partial charge in [0.25, 0.3) is 0 Å². The van der Waals surface area contributed by atoms with E-state index in [1.807, 2.05) is 31.2 Å². The van der Waals surface area contributed by atoms with Crippen molar-refractivity contribution in [3.8, 4) is 0 Å². The van der Waals surface area contributed by atoms with E-state index in [0.29, 0.717) is 32.7 Å². The molecular formula is C14H22N2O2. The summed E-state index contributed by atoms with van der Waals surface area (Å²) in [5.74, 6) is 0.104. The third-order valence-electron chi connectivity index (χ3n) is 2.92. The van der Waals surface area contributed by atoms with Gasteiger partial charge in [-0.25, -0.2) is 0 Å². The lowest BCUT2D eigenvalue weighted by molar-refractivity contribution is -0.131. The number of hydrogen-bond donors (Lipinski definition) is 1. The second kappa shape index (κ2) is 7.84. The molecule has 0 spiro atoms. The zero-order valence-electron chi connectivity index (χ0n) is 11.2. The Morgan fingerprint density at radius 2 is 2.06 bits per heavy atom. The van der Waals surface area contributed by atoms with Gasteiger partial charge >= 0.3 is 0 Å². The average Bonchev–Trinajstić information content (AvgIpc) is 2.37. The van der Waals surface area contributed by atoms with Crippen molar-refractivity contribution in [3.63, 3.8) is 0 Å². The van der Waals surface area contributed by atoms with Crippen LogP contribution in [0, 0.1) is 6.92 Å². The lowest BCUT2D eigenvalue weighted by atomic mass is 10.1. The number of benzene rings is 1. The molecule has 1 rings (SSSR count). The molecule has 1 aromatic rings. The molecule has 0 radical (unpaired) electrons. The van der Waals surface area contributed by atoms with E-state index in [2.05, 4.69) is 0 Å². The number of carbonyl (C=O) groups excluding carboxylic acids is 1. The van der Waals surface area contributed by atoms with Crippen molar-refractivity contribution < 1.29 is 9.53 Å². The molecule has 0 atom stereocenters. The fourth-order valence-corrected chi connectivity index (χ4v) is 1.80. The topological polar surface area (TPSA) is 55.6 Å². The van der Waals surface area contributed by atoms with Crippen LogP contribution in [0.1, 0.15) is 11.1 Å². The summed E-state index contributed by atoms with van der Waals surface area (Å²) in [6, 6.07) is 7.94. The van der Waals surface area contributed by atoms with Crippen LogP contribution in [0.2, 0.25) is 0 Å². The van der Waals surface area contributed by atoms with E-state index in [1.54, 1.807) is 12.0 Å². The molecule has 18 heavy (non-hydrogen) atoms. The predicted octanol–water partition coefficient (Wildman–Crippen LogP) is 0.971. The van der Waals surface area contributed by atoms with Gasteiger partial charge in [0, 0.05) is 26.7 Å². The monoisotopic (exact) mass is 250 g/mol. The van der Waals surface area contributed by atoms with E-state index in [1.165, 1.54) is 0 Å². The van der Waals surface area contributed by atoms with Gasteiger partial charge in [-0.15, -0.1) is 0 Å². The van der Waals surface area contributed by atoms with Gasteiger partial charge in [0.1, 0.15) is 0 Å². The zero-order valence-corrected chi connectivity index (χ0v) is 11.2. The number of carbonyl (C=O) groups is 1. The van der Waals surface area contributed by atoms with Crippen molar-refractivity contribution in [1.29, 1.82) is 0 Å². The van der Waals surface area contributed by atoms with E-state index in [-0.39, 0.29) is 5.91 Å². The van der Waals surface area contributed by atoms with E-state index in [4.69, 9.17) is 10.5 Å². The highest BCUT2D eigenvalue weighted by Crippen LogP contribution is 2.09. The average molecular weight is 250 g/mol. The first kappa shape index (κ1) is 14.7. The molecule has 0 aliphatic heterocycles. The van der Waals surface area contributed by atoms with Crippen molar-refractivity contribution in [2.24, 2.45) is 5.73 Å². The van der Waals surface area contributed by atoms with Gasteiger partial charge in [-0.1, -0.05) is 24.3 Å². The Kier molecular flexibility index (Phi) is 6.39. The Hall–Kier alpha value is -1.39. The first-order valence-corrected chi connectivity index (χ1v) is 6.20. The van der Waals surface area contributed by atoms with Crippen LogP contribution in [0.4, 0.5) is 0 Å². The largest absolute Gasteiger partial charge is 0.383 e. The molecule has 0 aliphatic carbocycles. The van der Waals surface area contributed by atoms with E-state index >= 15 is 0 Å². The van der Waals surface area contributed by atoms with Crippen LogP contribution in [-0.2, 0) is 16.0 Å². The molecule has 4 heteroatoms. The Morgan fingerprint density at radius 3 is 2.67 bits per heavy atom. The number of methoxy groups -OCH3 is 1. The molecular weight excluding hydrogens is 228 g/mol. The third kappa shape index (κ3) is 4.47. The summed E-state index contributed by atoms with van der Waals surface area (Å²) in [6.45, 7) is 4.21. The number of amides is 1. The molecule has 0 bridgehead atoms. The Labute approximate surface area is 109 Å². The first-order valence-electron chi connectivity index (χ1n) is 6.20. The molecule has 0 fully saturated rings. The second-order valence-electron chi connectivity index (χ2n) is 4.27. The van der Waals surface area contributed by atoms with Crippen LogP contribution in [-0.4, -0.2) is 44.2 Å². The minimum absolute atomic E-state index is 0.104. The normalized spacial score (nSPS) is 10.4. The summed E-state index contributed by atoms with van der Waals surface area (Å²) in [4.78, 5) is 13.9. The molecule has 0 aliphatic rings. The van der Waals surface area contributed by atoms with Crippen LogP contribution >= 0.6 is 0 Å². The SMILES string of the molecule is COCCN(CCN)C(=O)Cc1ccccc1C. The molecule has 0 unspecified atom stereocenters. The molecule has 0 aromatic heterocycles. The van der Waals surface area contributed by atoms with Crippen LogP contribution in [0.25, 0.3) is 0 Å². The smallest absolute Gasteiger partial charge is 0.227 e. The minimum atomic E-state index is 0.104. The van der Waals surface area contributed by atoms with Crippen molar-refractivity contribution in [3.05, 3.63) is 35.4 Å². The number of rotatable bonds is 7. The summed E-state index contributed by atoms with van der Waals surface area (Å²) in [7, 11) is 1.63. The molecule has 0 saturated heterocycles. The Balaban J connectivity index is 2.63. The summed E-state index contributed by atoms with van der Waals surface area (Å²) >= 11 is 0. The fourth-order valence-electron chi connectivity index (χ4n) is 1.80. The van der Waals surface area contributed by atoms with E-state index in [9.17, 15) is 4.79 Å². The highest BCUT2D eigenvalue weighted by Gasteiger charge is 2.13. The number of ether oxygens (including phenoxy) is 1. The van der Waals surface area contributed by atoms with Gasteiger partial charge in [-0.05, 0) is 18.1 Å². The minimum Gasteiger partial charge on any atom is -0.383 e. The lowest BCUT2D eigenvalue weighted by Gasteiger charge is -2.22. The maximum absolute atomic E-state index is 12.2. The zero-order chi connectivity index (χ0) is 13.4. The summed E-state index contributed by atoms with van der Waals surface area (Å²) < 4.78 is 5.01. The van der Waals surface area contributed by atoms with Gasteiger partial charge in [0.05, 0.1) is 13.0 Å². The molecule has 1 amide bonds. The highest BCUT2D eigenvalue weighted by molar-refractivity contribution is 5.79. The predicted molar refractivity (Wildman–Crippen MR) is 72.4 cm³/mol. The van der Waals surface area contributed by atoms with Crippen molar-refractivity contribution in [1.82, 2.24) is 4.90 Å². The number of nitrogens with zero attached hydrogens (tertiary/aromatic N) is 1. The summed E-state index contributed by atoms with van der Waals surface area (Å²) in [5, 5.41) is 0. The molecule has 1 aromatic carbocycles. The van der Waals surface area contributed by atoms with E-state index in [0.717, 1.165) is 11.1 Å². The van der Waals surface area contributed by atoms with Crippen LogP contribution in [0.15, 0.2) is 24.3 Å². The third-order valence-corrected chi connectivity index (χ3v) is 2.92. The Morgan fingerprint density at radius 1 is 1.33 bits per heavy atom. The summed E-state index contributed by atoms with van der Waals surface area (Å²) in [5.41, 5.74) is 7.74. The highest BCUT2D eigenvalue weighted by atomic mass is 16.5. The van der Waals surface area contributed by atoms with Crippen LogP contribution in [0.3, 0.4) is 0 Å². The maximum atomic E-state index is 12.2. The number of aryl methyl sites for hydroxylation is 1. The van der Waals surface area contributed by atoms with Gasteiger partial charge in [-0.3, -0.25) is 4.79 Å². The van der Waals surface area contributed by atoms with Crippen LogP contribution < -0.4 is 5.73 Å². The van der Waals surface area contributed by atoms with Crippen molar-refractivity contribution >= 4 is 5.91 Å². The molecule has 4 nitrogen and oxygen atoms in total. The number of hydrogen-bond acceptors (Lipinski definition) is 3. The number of nitrogens with two attached hydrogens (primary N) is 1. The molecule has 0 saturated carbocycles. The van der Waals surface area contributed by atoms with Gasteiger partial charge in [0.15, 0.2) is 0 Å². The van der Waals surface area contributed by atoms with Crippen LogP contribution in [0.5, 0.6) is 0 Å². The van der Waals surface area contributed by atoms with Crippen molar-refractivity contribution in [2.45, 2.75) is 13.3 Å². The van der Waals surface area contributed by atoms with Gasteiger partial charge < -0.3 is 15.4 Å². The fraction of sp³-hybridized carbons (Fsp3) is 0.500. The van der Waals surface area contributed by atoms with Gasteiger partial charge in [0.2, 0.25) is 5.91 Å². The second-order valence-corrected chi connectivity index (χ2v) is 4.27. The Bertz CT molecular complexity index is 380. The molecule has 0 heterocycles. The molecule has 2 N–H and O–H groups in total. The lowest BCUT2D eigenvalue weighted by Crippen LogP contribution is -2.38. The maximum Gasteiger partial charge on any atom is 0.227 e. The summed E-state index contributed by atoms with van der Waals surface area (Å²) in [6.07, 6.45) is 0.427. The standard InChI is InChI=1S/C14H22N2O2/c1-12-5-3-4-6-13(12)11-14(17)16(8-7-15)9-10-18-2/h3-6H,7-11,15H2,1-2H3. The molecule has 100 valence electrons.